The van der Waals surface area contributed by atoms with Gasteiger partial charge in [-0.25, -0.2) is 4.79 Å². The van der Waals surface area contributed by atoms with Gasteiger partial charge in [0.25, 0.3) is 5.91 Å². The summed E-state index contributed by atoms with van der Waals surface area (Å²) in [5.74, 6) is -1.50. The average Bonchev–Trinajstić information content (AvgIpc) is 3.38. The van der Waals surface area contributed by atoms with Crippen molar-refractivity contribution in [2.75, 3.05) is 20.3 Å². The standard InChI is InChI=1S/C27H39IN2O12/c1-12-18(30-13(2)32)20(19(33)16(11-31)38-12)41-27-24-22(21(37-3)23(42-27)26(35)36)39-17(40-24)5-4-10-29-25(34)14-6-8-15(28)9-7-14/h6-9,12-13,16-24,27,30-33H,4-5,10-11H2,1-3H3,(H,29,34)(H,35,36). The van der Waals surface area contributed by atoms with E-state index >= 15 is 0 Å². The molecule has 15 heteroatoms. The summed E-state index contributed by atoms with van der Waals surface area (Å²) >= 11 is 2.17. The fourth-order valence-electron chi connectivity index (χ4n) is 5.48. The van der Waals surface area contributed by atoms with Crippen molar-refractivity contribution in [2.24, 2.45) is 0 Å². The van der Waals surface area contributed by atoms with Crippen molar-refractivity contribution in [3.8, 4) is 0 Å². The zero-order valence-corrected chi connectivity index (χ0v) is 25.7. The number of carbonyl (C=O) groups is 2. The number of methoxy groups -OCH3 is 1. The van der Waals surface area contributed by atoms with Gasteiger partial charge < -0.3 is 54.2 Å². The van der Waals surface area contributed by atoms with Gasteiger partial charge in [-0.05, 0) is 67.1 Å². The number of aliphatic hydroxyl groups is 3. The van der Waals surface area contributed by atoms with Gasteiger partial charge in [0.15, 0.2) is 18.7 Å². The highest BCUT2D eigenvalue weighted by Crippen LogP contribution is 2.37. The van der Waals surface area contributed by atoms with Crippen LogP contribution in [0.4, 0.5) is 0 Å². The lowest BCUT2D eigenvalue weighted by Crippen LogP contribution is -2.67. The third-order valence-corrected chi connectivity index (χ3v) is 8.23. The van der Waals surface area contributed by atoms with Crippen LogP contribution in [-0.4, -0.2) is 126 Å². The second kappa shape index (κ2) is 15.0. The van der Waals surface area contributed by atoms with Gasteiger partial charge in [-0.1, -0.05) is 0 Å². The molecule has 3 heterocycles. The number of carboxylic acid groups (broad SMARTS) is 1. The molecule has 3 aliphatic heterocycles. The number of hydrogen-bond acceptors (Lipinski definition) is 12. The Kier molecular flexibility index (Phi) is 11.9. The molecule has 1 aromatic rings. The maximum atomic E-state index is 12.4. The molecular weight excluding hydrogens is 671 g/mol. The minimum Gasteiger partial charge on any atom is -0.479 e. The molecule has 0 aliphatic carbocycles. The van der Waals surface area contributed by atoms with Crippen LogP contribution < -0.4 is 10.6 Å². The third kappa shape index (κ3) is 7.76. The van der Waals surface area contributed by atoms with Crippen LogP contribution in [0, 0.1) is 3.57 Å². The van der Waals surface area contributed by atoms with Crippen LogP contribution in [0.1, 0.15) is 37.0 Å². The number of benzene rings is 1. The topological polar surface area (TPSA) is 194 Å². The molecule has 1 aromatic carbocycles. The molecule has 3 fully saturated rings. The van der Waals surface area contributed by atoms with Gasteiger partial charge in [0, 0.05) is 29.2 Å². The minimum absolute atomic E-state index is 0.204. The summed E-state index contributed by atoms with van der Waals surface area (Å²) in [6, 6.07) is 6.44. The molecule has 0 radical (unpaired) electrons. The maximum Gasteiger partial charge on any atom is 0.335 e. The molecule has 6 N–H and O–H groups in total. The Balaban J connectivity index is 1.44. The van der Waals surface area contributed by atoms with Crippen LogP contribution in [0.5, 0.6) is 0 Å². The lowest BCUT2D eigenvalue weighted by molar-refractivity contribution is -0.314. The highest BCUT2D eigenvalue weighted by Gasteiger charge is 2.57. The largest absolute Gasteiger partial charge is 0.479 e. The molecule has 12 unspecified atom stereocenters. The van der Waals surface area contributed by atoms with Gasteiger partial charge in [0.05, 0.1) is 18.8 Å². The summed E-state index contributed by atoms with van der Waals surface area (Å²) in [7, 11) is 1.34. The van der Waals surface area contributed by atoms with Gasteiger partial charge in [0.1, 0.15) is 42.9 Å². The molecule has 0 bridgehead atoms. The van der Waals surface area contributed by atoms with Crippen molar-refractivity contribution in [1.82, 2.24) is 10.6 Å². The molecule has 0 saturated carbocycles. The van der Waals surface area contributed by atoms with Crippen molar-refractivity contribution in [3.63, 3.8) is 0 Å². The highest BCUT2D eigenvalue weighted by molar-refractivity contribution is 14.1. The minimum atomic E-state index is -1.47. The first-order valence-electron chi connectivity index (χ1n) is 13.8. The van der Waals surface area contributed by atoms with Gasteiger partial charge >= 0.3 is 5.97 Å². The first-order chi connectivity index (χ1) is 20.0. The van der Waals surface area contributed by atoms with Crippen LogP contribution in [0.3, 0.4) is 0 Å². The van der Waals surface area contributed by atoms with Crippen molar-refractivity contribution in [3.05, 3.63) is 33.4 Å². The van der Waals surface area contributed by atoms with E-state index in [0.29, 0.717) is 24.9 Å². The Morgan fingerprint density at radius 2 is 1.79 bits per heavy atom. The Morgan fingerprint density at radius 1 is 1.10 bits per heavy atom. The number of aliphatic carboxylic acids is 1. The molecule has 1 amide bonds. The third-order valence-electron chi connectivity index (χ3n) is 7.51. The number of ether oxygens (including phenoxy) is 6. The Labute approximate surface area is 257 Å². The van der Waals surface area contributed by atoms with Crippen LogP contribution in [0.25, 0.3) is 0 Å². The number of hydrogen-bond donors (Lipinski definition) is 6. The molecule has 0 aromatic heterocycles. The van der Waals surface area contributed by atoms with Crippen LogP contribution in [0.15, 0.2) is 24.3 Å². The summed E-state index contributed by atoms with van der Waals surface area (Å²) in [4.78, 5) is 24.5. The van der Waals surface area contributed by atoms with Gasteiger partial charge in [-0.15, -0.1) is 0 Å². The number of carbonyl (C=O) groups excluding carboxylic acids is 1. The van der Waals surface area contributed by atoms with E-state index < -0.39 is 86.3 Å². The molecule has 12 atom stereocenters. The average molecular weight is 711 g/mol. The van der Waals surface area contributed by atoms with Gasteiger partial charge in [-0.2, -0.15) is 0 Å². The van der Waals surface area contributed by atoms with Crippen molar-refractivity contribution in [1.29, 1.82) is 0 Å². The number of amides is 1. The summed E-state index contributed by atoms with van der Waals surface area (Å²) < 4.78 is 36.4. The zero-order chi connectivity index (χ0) is 30.6. The molecule has 14 nitrogen and oxygen atoms in total. The number of carboxylic acids is 1. The van der Waals surface area contributed by atoms with E-state index in [4.69, 9.17) is 28.4 Å². The van der Waals surface area contributed by atoms with Crippen molar-refractivity contribution < 1.29 is 58.4 Å². The summed E-state index contributed by atoms with van der Waals surface area (Å²) in [5.41, 5.74) is 0.547. The van der Waals surface area contributed by atoms with Crippen LogP contribution >= 0.6 is 22.6 Å². The van der Waals surface area contributed by atoms with E-state index in [2.05, 4.69) is 33.2 Å². The van der Waals surface area contributed by atoms with E-state index in [1.807, 2.05) is 12.1 Å². The fourth-order valence-corrected chi connectivity index (χ4v) is 5.84. The number of halogens is 1. The first kappa shape index (κ1) is 33.4. The Hall–Kier alpha value is -1.51. The predicted octanol–water partition coefficient (Wildman–Crippen LogP) is -0.442. The second-order valence-corrected chi connectivity index (χ2v) is 11.8. The number of fused-ring (bicyclic) bond motifs is 1. The Morgan fingerprint density at radius 3 is 2.40 bits per heavy atom. The monoisotopic (exact) mass is 710 g/mol. The number of aliphatic hydroxyl groups excluding tert-OH is 3. The fraction of sp³-hybridized carbons (Fsp3) is 0.704. The smallest absolute Gasteiger partial charge is 0.335 e. The first-order valence-corrected chi connectivity index (χ1v) is 14.9. The zero-order valence-electron chi connectivity index (χ0n) is 23.5. The van der Waals surface area contributed by atoms with E-state index in [-0.39, 0.29) is 5.91 Å². The van der Waals surface area contributed by atoms with E-state index in [1.54, 1.807) is 19.1 Å². The van der Waals surface area contributed by atoms with E-state index in [0.717, 1.165) is 3.57 Å². The second-order valence-electron chi connectivity index (χ2n) is 10.5. The van der Waals surface area contributed by atoms with E-state index in [1.165, 1.54) is 14.0 Å². The van der Waals surface area contributed by atoms with Gasteiger partial charge in [-0.3, -0.25) is 10.1 Å². The number of rotatable bonds is 12. The highest BCUT2D eigenvalue weighted by atomic mass is 127. The SMILES string of the molecule is COC1C(C(=O)O)OC(OC2C(O)C(CO)OC(C)C2NC(C)O)C2OC(CCCNC(=O)c3ccc(I)cc3)OC21. The quantitative estimate of drug-likeness (QED) is 0.0930. The molecule has 236 valence electrons. The molecular formula is C27H39IN2O12. The molecule has 3 aliphatic rings. The Bertz CT molecular complexity index is 1050. The van der Waals surface area contributed by atoms with Crippen molar-refractivity contribution in [2.45, 2.75) is 100 Å². The normalized spacial score (nSPS) is 37.2. The summed E-state index contributed by atoms with van der Waals surface area (Å²) in [6.07, 6.45) is -10.5. The maximum absolute atomic E-state index is 12.4. The predicted molar refractivity (Wildman–Crippen MR) is 152 cm³/mol. The van der Waals surface area contributed by atoms with Gasteiger partial charge in [0.2, 0.25) is 0 Å². The molecule has 3 saturated heterocycles. The summed E-state index contributed by atoms with van der Waals surface area (Å²) in [6.45, 7) is 3.05. The molecule has 4 rings (SSSR count). The van der Waals surface area contributed by atoms with Crippen molar-refractivity contribution >= 4 is 34.5 Å². The summed E-state index contributed by atoms with van der Waals surface area (Å²) in [5, 5.41) is 46.3. The molecule has 0 spiro atoms. The van der Waals surface area contributed by atoms with Crippen LogP contribution in [0.2, 0.25) is 0 Å². The number of nitrogens with one attached hydrogen (secondary N) is 2. The lowest BCUT2D eigenvalue weighted by Gasteiger charge is -2.47. The molecule has 42 heavy (non-hydrogen) atoms. The van der Waals surface area contributed by atoms with E-state index in [9.17, 15) is 30.0 Å². The lowest BCUT2D eigenvalue weighted by atomic mass is 9.92. The van der Waals surface area contributed by atoms with Crippen LogP contribution in [-0.2, 0) is 33.2 Å².